The first-order chi connectivity index (χ1) is 7.79. The van der Waals surface area contributed by atoms with E-state index in [1.54, 1.807) is 11.3 Å². The van der Waals surface area contributed by atoms with Crippen molar-refractivity contribution in [2.45, 2.75) is 13.5 Å². The van der Waals surface area contributed by atoms with Crippen LogP contribution < -0.4 is 5.73 Å². The molecule has 0 aliphatic carbocycles. The lowest BCUT2D eigenvalue weighted by Crippen LogP contribution is -1.95. The van der Waals surface area contributed by atoms with Crippen molar-refractivity contribution in [1.82, 2.24) is 19.0 Å². The van der Waals surface area contributed by atoms with E-state index in [-0.39, 0.29) is 0 Å². The normalized spacial score (nSPS) is 11.4. The van der Waals surface area contributed by atoms with Gasteiger partial charge in [-0.05, 0) is 18.5 Å². The lowest BCUT2D eigenvalue weighted by Gasteiger charge is -1.94. The Morgan fingerprint density at radius 1 is 1.50 bits per heavy atom. The number of hydrogen-bond acceptors (Lipinski definition) is 6. The fourth-order valence-electron chi connectivity index (χ4n) is 1.56. The molecule has 5 nitrogen and oxygen atoms in total. The van der Waals surface area contributed by atoms with E-state index in [2.05, 4.69) is 24.4 Å². The minimum Gasteiger partial charge on any atom is -0.325 e. The molecular formula is C9H9N5S2. The van der Waals surface area contributed by atoms with E-state index in [1.807, 2.05) is 13.1 Å². The summed E-state index contributed by atoms with van der Waals surface area (Å²) >= 11 is 3.01. The van der Waals surface area contributed by atoms with E-state index in [0.29, 0.717) is 6.54 Å². The van der Waals surface area contributed by atoms with Gasteiger partial charge < -0.3 is 5.73 Å². The maximum Gasteiger partial charge on any atom is 0.194 e. The number of thiazole rings is 1. The highest BCUT2D eigenvalue weighted by molar-refractivity contribution is 7.16. The Morgan fingerprint density at radius 3 is 3.06 bits per heavy atom. The van der Waals surface area contributed by atoms with Gasteiger partial charge in [-0.1, -0.05) is 4.49 Å². The van der Waals surface area contributed by atoms with Gasteiger partial charge in [0, 0.05) is 18.1 Å². The van der Waals surface area contributed by atoms with Gasteiger partial charge in [-0.25, -0.2) is 4.98 Å². The van der Waals surface area contributed by atoms with E-state index < -0.39 is 0 Å². The SMILES string of the molecule is Cc1nnsc1-c1csc2nc(CN)cn12. The van der Waals surface area contributed by atoms with Gasteiger partial charge in [0.25, 0.3) is 0 Å². The number of hydrogen-bond donors (Lipinski definition) is 1. The average molecular weight is 251 g/mol. The molecule has 0 saturated carbocycles. The number of nitrogens with zero attached hydrogens (tertiary/aromatic N) is 4. The third kappa shape index (κ3) is 1.36. The summed E-state index contributed by atoms with van der Waals surface area (Å²) in [5, 5.41) is 6.10. The molecule has 3 heterocycles. The monoisotopic (exact) mass is 251 g/mol. The van der Waals surface area contributed by atoms with Crippen LogP contribution in [0.5, 0.6) is 0 Å². The lowest BCUT2D eigenvalue weighted by atomic mass is 10.3. The summed E-state index contributed by atoms with van der Waals surface area (Å²) in [7, 11) is 0. The Hall–Kier alpha value is -1.31. The molecule has 0 unspecified atom stereocenters. The molecule has 2 N–H and O–H groups in total. The topological polar surface area (TPSA) is 69.1 Å². The van der Waals surface area contributed by atoms with E-state index in [4.69, 9.17) is 5.73 Å². The smallest absolute Gasteiger partial charge is 0.194 e. The van der Waals surface area contributed by atoms with Crippen LogP contribution in [0.25, 0.3) is 15.5 Å². The summed E-state index contributed by atoms with van der Waals surface area (Å²) in [4.78, 5) is 6.46. The highest BCUT2D eigenvalue weighted by atomic mass is 32.1. The Balaban J connectivity index is 2.24. The molecule has 0 saturated heterocycles. The lowest BCUT2D eigenvalue weighted by molar-refractivity contribution is 1.02. The molecular weight excluding hydrogens is 242 g/mol. The van der Waals surface area contributed by atoms with Crippen molar-refractivity contribution in [3.63, 3.8) is 0 Å². The van der Waals surface area contributed by atoms with Gasteiger partial charge in [-0.3, -0.25) is 4.40 Å². The first-order valence-corrected chi connectivity index (χ1v) is 6.39. The third-order valence-corrected chi connectivity index (χ3v) is 4.04. The zero-order valence-electron chi connectivity index (χ0n) is 8.54. The molecule has 0 spiro atoms. The fraction of sp³-hybridized carbons (Fsp3) is 0.222. The first kappa shape index (κ1) is 9.88. The minimum atomic E-state index is 0.466. The molecule has 0 amide bonds. The third-order valence-electron chi connectivity index (χ3n) is 2.35. The van der Waals surface area contributed by atoms with Crippen molar-refractivity contribution in [2.75, 3.05) is 0 Å². The molecule has 3 rings (SSSR count). The van der Waals surface area contributed by atoms with Crippen LogP contribution in [-0.4, -0.2) is 19.0 Å². The van der Waals surface area contributed by atoms with Crippen LogP contribution in [0.15, 0.2) is 11.6 Å². The number of aryl methyl sites for hydroxylation is 1. The van der Waals surface area contributed by atoms with Crippen molar-refractivity contribution in [3.05, 3.63) is 23.0 Å². The summed E-state index contributed by atoms with van der Waals surface area (Å²) in [6, 6.07) is 0. The molecule has 0 bridgehead atoms. The summed E-state index contributed by atoms with van der Waals surface area (Å²) in [5.74, 6) is 0. The largest absolute Gasteiger partial charge is 0.325 e. The van der Waals surface area contributed by atoms with Gasteiger partial charge in [-0.2, -0.15) is 0 Å². The number of aromatic nitrogens is 4. The number of fused-ring (bicyclic) bond motifs is 1. The summed E-state index contributed by atoms with van der Waals surface area (Å²) in [5.41, 5.74) is 8.53. The summed E-state index contributed by atoms with van der Waals surface area (Å²) in [6.07, 6.45) is 1.97. The molecule has 0 radical (unpaired) electrons. The van der Waals surface area contributed by atoms with E-state index >= 15 is 0 Å². The van der Waals surface area contributed by atoms with Gasteiger partial charge in [0.2, 0.25) is 0 Å². The van der Waals surface area contributed by atoms with Crippen LogP contribution in [0, 0.1) is 6.92 Å². The average Bonchev–Trinajstić information content (AvgIpc) is 2.92. The highest BCUT2D eigenvalue weighted by Gasteiger charge is 2.13. The van der Waals surface area contributed by atoms with Crippen molar-refractivity contribution in [3.8, 4) is 10.6 Å². The number of rotatable bonds is 2. The molecule has 0 aliphatic rings. The molecule has 0 aliphatic heterocycles. The first-order valence-electron chi connectivity index (χ1n) is 4.74. The molecule has 0 atom stereocenters. The molecule has 7 heteroatoms. The quantitative estimate of drug-likeness (QED) is 0.752. The van der Waals surface area contributed by atoms with Gasteiger partial charge in [0.1, 0.15) is 0 Å². The zero-order chi connectivity index (χ0) is 11.1. The maximum atomic E-state index is 5.58. The van der Waals surface area contributed by atoms with E-state index in [1.165, 1.54) is 11.5 Å². The predicted molar refractivity (Wildman–Crippen MR) is 64.6 cm³/mol. The van der Waals surface area contributed by atoms with Crippen LogP contribution in [-0.2, 0) is 6.54 Å². The molecule has 82 valence electrons. The van der Waals surface area contributed by atoms with Crippen molar-refractivity contribution in [1.29, 1.82) is 0 Å². The van der Waals surface area contributed by atoms with E-state index in [0.717, 1.165) is 26.9 Å². The minimum absolute atomic E-state index is 0.466. The number of imidazole rings is 1. The van der Waals surface area contributed by atoms with Crippen LogP contribution in [0.4, 0.5) is 0 Å². The van der Waals surface area contributed by atoms with Crippen LogP contribution in [0.1, 0.15) is 11.4 Å². The van der Waals surface area contributed by atoms with Gasteiger partial charge in [0.15, 0.2) is 4.96 Å². The highest BCUT2D eigenvalue weighted by Crippen LogP contribution is 2.30. The Morgan fingerprint density at radius 2 is 2.38 bits per heavy atom. The second-order valence-electron chi connectivity index (χ2n) is 3.40. The number of nitrogens with two attached hydrogens (primary N) is 1. The predicted octanol–water partition coefficient (Wildman–Crippen LogP) is 1.68. The zero-order valence-corrected chi connectivity index (χ0v) is 10.2. The summed E-state index contributed by atoms with van der Waals surface area (Å²) in [6.45, 7) is 2.43. The standard InChI is InChI=1S/C9H9N5S2/c1-5-8(16-13-12-5)7-4-15-9-11-6(2-10)3-14(7)9/h3-4H,2,10H2,1H3. The molecule has 0 fully saturated rings. The Kier molecular flexibility index (Phi) is 2.23. The van der Waals surface area contributed by atoms with Crippen molar-refractivity contribution < 1.29 is 0 Å². The molecule has 3 aromatic rings. The molecule has 3 aromatic heterocycles. The fourth-order valence-corrected chi connectivity index (χ4v) is 3.18. The van der Waals surface area contributed by atoms with E-state index in [9.17, 15) is 0 Å². The molecule has 16 heavy (non-hydrogen) atoms. The van der Waals surface area contributed by atoms with Crippen LogP contribution in [0.3, 0.4) is 0 Å². The van der Waals surface area contributed by atoms with Gasteiger partial charge >= 0.3 is 0 Å². The van der Waals surface area contributed by atoms with Crippen molar-refractivity contribution in [2.24, 2.45) is 5.73 Å². The molecule has 0 aromatic carbocycles. The van der Waals surface area contributed by atoms with Crippen LogP contribution in [0.2, 0.25) is 0 Å². The van der Waals surface area contributed by atoms with Crippen LogP contribution >= 0.6 is 22.9 Å². The summed E-state index contributed by atoms with van der Waals surface area (Å²) < 4.78 is 6.00. The second-order valence-corrected chi connectivity index (χ2v) is 4.99. The van der Waals surface area contributed by atoms with Crippen molar-refractivity contribution >= 4 is 27.8 Å². The van der Waals surface area contributed by atoms with Gasteiger partial charge in [-0.15, -0.1) is 16.4 Å². The second kappa shape index (κ2) is 3.62. The maximum absolute atomic E-state index is 5.58. The van der Waals surface area contributed by atoms with Gasteiger partial charge in [0.05, 0.1) is 22.0 Å². The Labute approximate surface area is 99.7 Å². The Bertz CT molecular complexity index is 635.